The van der Waals surface area contributed by atoms with E-state index in [-0.39, 0.29) is 12.6 Å². The third-order valence-corrected chi connectivity index (χ3v) is 4.32. The predicted molar refractivity (Wildman–Crippen MR) is 81.1 cm³/mol. The Balaban J connectivity index is 1.69. The molecule has 0 amide bonds. The first-order valence-electron chi connectivity index (χ1n) is 7.66. The van der Waals surface area contributed by atoms with Crippen LogP contribution in [0.5, 0.6) is 0 Å². The summed E-state index contributed by atoms with van der Waals surface area (Å²) in [5.74, 6) is 0.209. The van der Waals surface area contributed by atoms with E-state index in [0.717, 1.165) is 29.3 Å². The van der Waals surface area contributed by atoms with Crippen molar-refractivity contribution in [2.24, 2.45) is 5.92 Å². The Morgan fingerprint density at radius 1 is 1.29 bits per heavy atom. The standard InChI is InChI=1S/C17H21NO3/c19-10-13-7-4-8-15-14(13)9-16(18-15)17(20)21-11-12-5-2-1-3-6-12/h4,7-9,12,18-19H,1-3,5-6,10-11H2. The van der Waals surface area contributed by atoms with Crippen molar-refractivity contribution in [2.45, 2.75) is 38.7 Å². The van der Waals surface area contributed by atoms with Crippen LogP contribution >= 0.6 is 0 Å². The first-order chi connectivity index (χ1) is 10.3. The van der Waals surface area contributed by atoms with Crippen LogP contribution < -0.4 is 0 Å². The van der Waals surface area contributed by atoms with Gasteiger partial charge in [-0.2, -0.15) is 0 Å². The number of esters is 1. The molecule has 2 N–H and O–H groups in total. The minimum absolute atomic E-state index is 0.0360. The summed E-state index contributed by atoms with van der Waals surface area (Å²) in [5, 5.41) is 10.2. The number of aliphatic hydroxyl groups excluding tert-OH is 1. The molecule has 1 saturated carbocycles. The Morgan fingerprint density at radius 2 is 2.10 bits per heavy atom. The molecule has 4 nitrogen and oxygen atoms in total. The first-order valence-corrected chi connectivity index (χ1v) is 7.66. The number of H-pyrrole nitrogens is 1. The third-order valence-electron chi connectivity index (χ3n) is 4.32. The monoisotopic (exact) mass is 287 g/mol. The van der Waals surface area contributed by atoms with E-state index in [2.05, 4.69) is 4.98 Å². The summed E-state index contributed by atoms with van der Waals surface area (Å²) in [7, 11) is 0. The zero-order chi connectivity index (χ0) is 14.7. The molecule has 0 aliphatic heterocycles. The van der Waals surface area contributed by atoms with Crippen LogP contribution in [0.4, 0.5) is 0 Å². The summed E-state index contributed by atoms with van der Waals surface area (Å²) in [6.45, 7) is 0.479. The number of rotatable bonds is 4. The smallest absolute Gasteiger partial charge is 0.354 e. The SMILES string of the molecule is O=C(OCC1CCCCC1)c1cc2c(CO)cccc2[nH]1. The van der Waals surface area contributed by atoms with Crippen molar-refractivity contribution in [1.82, 2.24) is 4.98 Å². The molecule has 4 heteroatoms. The summed E-state index contributed by atoms with van der Waals surface area (Å²) in [4.78, 5) is 15.2. The lowest BCUT2D eigenvalue weighted by Crippen LogP contribution is -2.16. The van der Waals surface area contributed by atoms with Gasteiger partial charge < -0.3 is 14.8 Å². The second-order valence-electron chi connectivity index (χ2n) is 5.82. The molecule has 3 rings (SSSR count). The average Bonchev–Trinajstić information content (AvgIpc) is 2.97. The number of fused-ring (bicyclic) bond motifs is 1. The zero-order valence-corrected chi connectivity index (χ0v) is 12.1. The van der Waals surface area contributed by atoms with Crippen LogP contribution in [0.25, 0.3) is 10.9 Å². The van der Waals surface area contributed by atoms with Crippen molar-refractivity contribution in [3.8, 4) is 0 Å². The molecule has 0 spiro atoms. The van der Waals surface area contributed by atoms with Crippen LogP contribution in [0.2, 0.25) is 0 Å². The van der Waals surface area contributed by atoms with Gasteiger partial charge >= 0.3 is 5.97 Å². The molecule has 1 aromatic carbocycles. The van der Waals surface area contributed by atoms with Gasteiger partial charge in [-0.05, 0) is 36.5 Å². The number of hydrogen-bond acceptors (Lipinski definition) is 3. The molecule has 0 radical (unpaired) electrons. The molecule has 0 saturated heterocycles. The van der Waals surface area contributed by atoms with Gasteiger partial charge in [0.2, 0.25) is 0 Å². The molecule has 2 aromatic rings. The van der Waals surface area contributed by atoms with E-state index in [1.165, 1.54) is 19.3 Å². The summed E-state index contributed by atoms with van der Waals surface area (Å²) in [5.41, 5.74) is 2.13. The van der Waals surface area contributed by atoms with Crippen LogP contribution in [-0.2, 0) is 11.3 Å². The van der Waals surface area contributed by atoms with Gasteiger partial charge in [0.05, 0.1) is 13.2 Å². The number of carbonyl (C=O) groups is 1. The highest BCUT2D eigenvalue weighted by Crippen LogP contribution is 2.24. The molecule has 1 aromatic heterocycles. The van der Waals surface area contributed by atoms with Crippen molar-refractivity contribution >= 4 is 16.9 Å². The van der Waals surface area contributed by atoms with Crippen LogP contribution in [0, 0.1) is 5.92 Å². The zero-order valence-electron chi connectivity index (χ0n) is 12.1. The topological polar surface area (TPSA) is 62.3 Å². The van der Waals surface area contributed by atoms with E-state index in [0.29, 0.717) is 18.2 Å². The van der Waals surface area contributed by atoms with Crippen molar-refractivity contribution in [2.75, 3.05) is 6.61 Å². The lowest BCUT2D eigenvalue weighted by Gasteiger charge is -2.20. The highest BCUT2D eigenvalue weighted by molar-refractivity contribution is 5.95. The van der Waals surface area contributed by atoms with Gasteiger partial charge in [-0.25, -0.2) is 4.79 Å². The van der Waals surface area contributed by atoms with E-state index in [1.54, 1.807) is 6.07 Å². The number of aromatic amines is 1. The fraction of sp³-hybridized carbons (Fsp3) is 0.471. The van der Waals surface area contributed by atoms with Gasteiger partial charge in [-0.3, -0.25) is 0 Å². The maximum atomic E-state index is 12.1. The lowest BCUT2D eigenvalue weighted by atomic mass is 9.90. The second-order valence-corrected chi connectivity index (χ2v) is 5.82. The molecular weight excluding hydrogens is 266 g/mol. The van der Waals surface area contributed by atoms with Gasteiger partial charge in [0.1, 0.15) is 5.69 Å². The number of aliphatic hydroxyl groups is 1. The Labute approximate surface area is 124 Å². The Morgan fingerprint density at radius 3 is 2.86 bits per heavy atom. The number of benzene rings is 1. The van der Waals surface area contributed by atoms with Gasteiger partial charge in [0.15, 0.2) is 0 Å². The summed E-state index contributed by atoms with van der Waals surface area (Å²) < 4.78 is 5.44. The second kappa shape index (κ2) is 6.31. The summed E-state index contributed by atoms with van der Waals surface area (Å²) in [6.07, 6.45) is 6.11. The number of ether oxygens (including phenoxy) is 1. The van der Waals surface area contributed by atoms with E-state index >= 15 is 0 Å². The van der Waals surface area contributed by atoms with E-state index < -0.39 is 0 Å². The molecule has 1 aliphatic carbocycles. The molecule has 1 aliphatic rings. The van der Waals surface area contributed by atoms with Gasteiger partial charge in [-0.1, -0.05) is 31.4 Å². The number of carbonyl (C=O) groups excluding carboxylic acids is 1. The van der Waals surface area contributed by atoms with Gasteiger partial charge in [0, 0.05) is 10.9 Å². The van der Waals surface area contributed by atoms with Crippen LogP contribution in [0.1, 0.15) is 48.2 Å². The fourth-order valence-corrected chi connectivity index (χ4v) is 3.09. The van der Waals surface area contributed by atoms with Crippen LogP contribution in [-0.4, -0.2) is 22.7 Å². The maximum absolute atomic E-state index is 12.1. The molecule has 112 valence electrons. The highest BCUT2D eigenvalue weighted by atomic mass is 16.5. The van der Waals surface area contributed by atoms with Crippen LogP contribution in [0.15, 0.2) is 24.3 Å². The van der Waals surface area contributed by atoms with Crippen molar-refractivity contribution < 1.29 is 14.6 Å². The van der Waals surface area contributed by atoms with Crippen LogP contribution in [0.3, 0.4) is 0 Å². The molecule has 0 atom stereocenters. The van der Waals surface area contributed by atoms with Gasteiger partial charge in [0.25, 0.3) is 0 Å². The van der Waals surface area contributed by atoms with Gasteiger partial charge in [-0.15, -0.1) is 0 Å². The largest absolute Gasteiger partial charge is 0.461 e. The number of hydrogen-bond donors (Lipinski definition) is 2. The molecular formula is C17H21NO3. The predicted octanol–water partition coefficient (Wildman–Crippen LogP) is 3.40. The molecule has 21 heavy (non-hydrogen) atoms. The molecule has 1 fully saturated rings. The molecule has 1 heterocycles. The van der Waals surface area contributed by atoms with E-state index in [9.17, 15) is 9.90 Å². The average molecular weight is 287 g/mol. The highest BCUT2D eigenvalue weighted by Gasteiger charge is 2.17. The summed E-state index contributed by atoms with van der Waals surface area (Å²) in [6, 6.07) is 7.38. The molecule has 0 unspecified atom stereocenters. The fourth-order valence-electron chi connectivity index (χ4n) is 3.09. The minimum atomic E-state index is -0.305. The van der Waals surface area contributed by atoms with Crippen molar-refractivity contribution in [1.29, 1.82) is 0 Å². The molecule has 0 bridgehead atoms. The third kappa shape index (κ3) is 3.10. The van der Waals surface area contributed by atoms with E-state index in [1.807, 2.05) is 18.2 Å². The normalized spacial score (nSPS) is 16.2. The Hall–Kier alpha value is -1.81. The van der Waals surface area contributed by atoms with E-state index in [4.69, 9.17) is 4.74 Å². The summed E-state index contributed by atoms with van der Waals surface area (Å²) >= 11 is 0. The Kier molecular flexibility index (Phi) is 4.25. The lowest BCUT2D eigenvalue weighted by molar-refractivity contribution is 0.0404. The number of nitrogens with one attached hydrogen (secondary N) is 1. The van der Waals surface area contributed by atoms with Crippen molar-refractivity contribution in [3.63, 3.8) is 0 Å². The first kappa shape index (κ1) is 14.1. The minimum Gasteiger partial charge on any atom is -0.461 e. The quantitative estimate of drug-likeness (QED) is 0.847. The number of aromatic nitrogens is 1. The maximum Gasteiger partial charge on any atom is 0.354 e. The Bertz CT molecular complexity index is 626. The van der Waals surface area contributed by atoms with Crippen molar-refractivity contribution in [3.05, 3.63) is 35.5 Å².